The molecule has 3 aromatic carbocycles. The van der Waals surface area contributed by atoms with Crippen LogP contribution >= 0.6 is 0 Å². The number of hydrogen-bond donors (Lipinski definition) is 0. The molecule has 2 aliphatic rings. The predicted octanol–water partition coefficient (Wildman–Crippen LogP) is 5.82. The highest BCUT2D eigenvalue weighted by Crippen LogP contribution is 2.33. The Morgan fingerprint density at radius 3 is 1.85 bits per heavy atom. The smallest absolute Gasteiger partial charge is 0.274 e. The van der Waals surface area contributed by atoms with Crippen LogP contribution in [-0.2, 0) is 9.59 Å². The molecule has 0 bridgehead atoms. The third-order valence-corrected chi connectivity index (χ3v) is 5.41. The monoisotopic (exact) mass is 435 g/mol. The second-order valence-electron chi connectivity index (χ2n) is 7.92. The SMILES string of the molecule is C=C(C)c1ccccc1.CC1=C2C(=O)N(c3ccccc3)N=C2N(c2ccccc2)C(=O)C1. The zero-order chi connectivity index (χ0) is 23.4. The average molecular weight is 436 g/mol. The van der Waals surface area contributed by atoms with E-state index in [2.05, 4.69) is 23.8 Å². The Hall–Kier alpha value is -4.25. The van der Waals surface area contributed by atoms with Crippen LogP contribution in [0.3, 0.4) is 0 Å². The van der Waals surface area contributed by atoms with Gasteiger partial charge in [0.25, 0.3) is 5.91 Å². The zero-order valence-electron chi connectivity index (χ0n) is 18.7. The number of hydrazone groups is 1. The lowest BCUT2D eigenvalue weighted by Crippen LogP contribution is -2.41. The highest BCUT2D eigenvalue weighted by Gasteiger charge is 2.41. The summed E-state index contributed by atoms with van der Waals surface area (Å²) in [6, 6.07) is 28.7. The maximum Gasteiger partial charge on any atom is 0.282 e. The molecule has 0 saturated heterocycles. The van der Waals surface area contributed by atoms with Gasteiger partial charge in [0.1, 0.15) is 0 Å². The average Bonchev–Trinajstić information content (AvgIpc) is 3.18. The topological polar surface area (TPSA) is 53.0 Å². The lowest BCUT2D eigenvalue weighted by Gasteiger charge is -2.27. The minimum absolute atomic E-state index is 0.0797. The number of benzene rings is 3. The molecule has 3 aromatic rings. The molecule has 2 aliphatic heterocycles. The largest absolute Gasteiger partial charge is 0.282 e. The fourth-order valence-corrected chi connectivity index (χ4v) is 3.74. The van der Waals surface area contributed by atoms with Crippen molar-refractivity contribution in [3.05, 3.63) is 114 Å². The third kappa shape index (κ3) is 4.53. The van der Waals surface area contributed by atoms with E-state index >= 15 is 0 Å². The summed E-state index contributed by atoms with van der Waals surface area (Å²) in [4.78, 5) is 27.0. The molecule has 0 radical (unpaired) electrons. The molecule has 0 fully saturated rings. The number of allylic oxidation sites excluding steroid dienone is 1. The van der Waals surface area contributed by atoms with Gasteiger partial charge in [0.15, 0.2) is 5.84 Å². The Balaban J connectivity index is 0.000000243. The molecule has 0 unspecified atom stereocenters. The summed E-state index contributed by atoms with van der Waals surface area (Å²) in [6.07, 6.45) is 0.220. The minimum Gasteiger partial charge on any atom is -0.274 e. The molecule has 2 heterocycles. The molecule has 0 atom stereocenters. The Kier molecular flexibility index (Phi) is 6.31. The number of nitrogens with zero attached hydrogens (tertiary/aromatic N) is 3. The van der Waals surface area contributed by atoms with Crippen LogP contribution in [0.4, 0.5) is 11.4 Å². The van der Waals surface area contributed by atoms with Gasteiger partial charge in [-0.3, -0.25) is 14.5 Å². The Labute approximate surface area is 194 Å². The number of fused-ring (bicyclic) bond motifs is 1. The molecule has 0 saturated carbocycles. The second kappa shape index (κ2) is 9.49. The van der Waals surface area contributed by atoms with Crippen molar-refractivity contribution in [2.75, 3.05) is 9.91 Å². The molecular formula is C28H25N3O2. The Morgan fingerprint density at radius 1 is 0.818 bits per heavy atom. The molecule has 33 heavy (non-hydrogen) atoms. The summed E-state index contributed by atoms with van der Waals surface area (Å²) in [5.74, 6) is 0.134. The van der Waals surface area contributed by atoms with E-state index in [9.17, 15) is 9.59 Å². The number of amides is 2. The van der Waals surface area contributed by atoms with Crippen molar-refractivity contribution in [1.29, 1.82) is 0 Å². The highest BCUT2D eigenvalue weighted by molar-refractivity contribution is 6.40. The maximum atomic E-state index is 12.8. The van der Waals surface area contributed by atoms with Crippen molar-refractivity contribution in [3.63, 3.8) is 0 Å². The van der Waals surface area contributed by atoms with Crippen LogP contribution in [0.25, 0.3) is 5.57 Å². The second-order valence-corrected chi connectivity index (χ2v) is 7.92. The van der Waals surface area contributed by atoms with Crippen LogP contribution in [0.15, 0.2) is 114 Å². The van der Waals surface area contributed by atoms with Gasteiger partial charge in [-0.2, -0.15) is 5.01 Å². The fraction of sp³-hybridized carbons (Fsp3) is 0.107. The predicted molar refractivity (Wildman–Crippen MR) is 134 cm³/mol. The van der Waals surface area contributed by atoms with E-state index in [1.54, 1.807) is 0 Å². The number of anilines is 2. The molecule has 0 aromatic heterocycles. The standard InChI is InChI=1S/C19H15N3O2.C9H10/c1-13-12-16(23)21(14-8-4-2-5-9-14)18-17(13)19(24)22(20-18)15-10-6-3-7-11-15;1-8(2)9-6-4-3-5-7-9/h2-11H,12H2,1H3;3-7H,1H2,2H3. The quantitative estimate of drug-likeness (QED) is 0.521. The maximum absolute atomic E-state index is 12.8. The van der Waals surface area contributed by atoms with E-state index < -0.39 is 0 Å². The van der Waals surface area contributed by atoms with Gasteiger partial charge in [-0.1, -0.05) is 78.9 Å². The van der Waals surface area contributed by atoms with Gasteiger partial charge in [-0.15, -0.1) is 5.10 Å². The van der Waals surface area contributed by atoms with Gasteiger partial charge in [-0.25, -0.2) is 0 Å². The molecule has 0 aliphatic carbocycles. The molecule has 0 N–H and O–H groups in total. The minimum atomic E-state index is -0.192. The van der Waals surface area contributed by atoms with Crippen molar-refractivity contribution < 1.29 is 9.59 Å². The normalized spacial score (nSPS) is 15.0. The molecule has 5 heteroatoms. The van der Waals surface area contributed by atoms with Gasteiger partial charge in [-0.05, 0) is 49.2 Å². The Morgan fingerprint density at radius 2 is 1.33 bits per heavy atom. The van der Waals surface area contributed by atoms with E-state index in [1.807, 2.05) is 92.7 Å². The number of amidine groups is 1. The lowest BCUT2D eigenvalue weighted by atomic mass is 9.99. The molecule has 2 amide bonds. The van der Waals surface area contributed by atoms with Crippen molar-refractivity contribution in [3.8, 4) is 0 Å². The summed E-state index contributed by atoms with van der Waals surface area (Å²) in [7, 11) is 0. The third-order valence-electron chi connectivity index (χ3n) is 5.41. The van der Waals surface area contributed by atoms with Gasteiger partial charge in [0, 0.05) is 6.42 Å². The fourth-order valence-electron chi connectivity index (χ4n) is 3.74. The van der Waals surface area contributed by atoms with Crippen molar-refractivity contribution in [1.82, 2.24) is 0 Å². The number of rotatable bonds is 3. The van der Waals surface area contributed by atoms with Crippen molar-refractivity contribution in [2.24, 2.45) is 5.10 Å². The van der Waals surface area contributed by atoms with Crippen LogP contribution in [0, 0.1) is 0 Å². The van der Waals surface area contributed by atoms with Crippen LogP contribution in [0.5, 0.6) is 0 Å². The summed E-state index contributed by atoms with van der Waals surface area (Å²) in [5, 5.41) is 5.83. The van der Waals surface area contributed by atoms with Crippen molar-refractivity contribution in [2.45, 2.75) is 20.3 Å². The first-order valence-electron chi connectivity index (χ1n) is 10.7. The molecule has 5 nitrogen and oxygen atoms in total. The van der Waals surface area contributed by atoms with Gasteiger partial charge < -0.3 is 0 Å². The molecular weight excluding hydrogens is 410 g/mol. The molecule has 0 spiro atoms. The summed E-state index contributed by atoms with van der Waals surface area (Å²) < 4.78 is 0. The first-order chi connectivity index (χ1) is 16.0. The highest BCUT2D eigenvalue weighted by atomic mass is 16.2. The lowest BCUT2D eigenvalue weighted by molar-refractivity contribution is -0.117. The number of hydrogen-bond acceptors (Lipinski definition) is 3. The van der Waals surface area contributed by atoms with E-state index in [-0.39, 0.29) is 18.2 Å². The van der Waals surface area contributed by atoms with Crippen LogP contribution < -0.4 is 9.91 Å². The van der Waals surface area contributed by atoms with E-state index in [4.69, 9.17) is 0 Å². The van der Waals surface area contributed by atoms with Gasteiger partial charge >= 0.3 is 0 Å². The first kappa shape index (κ1) is 22.0. The van der Waals surface area contributed by atoms with Crippen molar-refractivity contribution >= 4 is 34.6 Å². The number of para-hydroxylation sites is 2. The Bertz CT molecular complexity index is 1250. The molecule has 164 valence electrons. The summed E-state index contributed by atoms with van der Waals surface area (Å²) in [6.45, 7) is 7.65. The van der Waals surface area contributed by atoms with Gasteiger partial charge in [0.05, 0.1) is 16.9 Å². The summed E-state index contributed by atoms with van der Waals surface area (Å²) >= 11 is 0. The number of carbonyl (C=O) groups is 2. The molecule has 5 rings (SSSR count). The van der Waals surface area contributed by atoms with Crippen LogP contribution in [0.2, 0.25) is 0 Å². The first-order valence-corrected chi connectivity index (χ1v) is 10.7. The van der Waals surface area contributed by atoms with E-state index in [0.717, 1.165) is 11.1 Å². The van der Waals surface area contributed by atoms with E-state index in [1.165, 1.54) is 15.5 Å². The zero-order valence-corrected chi connectivity index (χ0v) is 18.7. The van der Waals surface area contributed by atoms with Crippen LogP contribution in [0.1, 0.15) is 25.8 Å². The summed E-state index contributed by atoms with van der Waals surface area (Å²) in [5.41, 5.74) is 5.02. The van der Waals surface area contributed by atoms with Gasteiger partial charge in [0.2, 0.25) is 5.91 Å². The van der Waals surface area contributed by atoms with Crippen LogP contribution in [-0.4, -0.2) is 17.6 Å². The van der Waals surface area contributed by atoms with E-state index in [0.29, 0.717) is 22.8 Å². The number of carbonyl (C=O) groups excluding carboxylic acids is 2.